The van der Waals surface area contributed by atoms with E-state index in [0.29, 0.717) is 11.8 Å². The van der Waals surface area contributed by atoms with Gasteiger partial charge in [-0.3, -0.25) is 4.21 Å². The predicted molar refractivity (Wildman–Crippen MR) is 70.1 cm³/mol. The second-order valence-electron chi connectivity index (χ2n) is 4.91. The molecule has 1 heterocycles. The smallest absolute Gasteiger partial charge is 0.0914 e. The Bertz CT molecular complexity index is 351. The van der Waals surface area contributed by atoms with Gasteiger partial charge in [-0.2, -0.15) is 0 Å². The van der Waals surface area contributed by atoms with Crippen LogP contribution >= 0.6 is 11.3 Å². The van der Waals surface area contributed by atoms with Crippen molar-refractivity contribution >= 4 is 22.1 Å². The summed E-state index contributed by atoms with van der Waals surface area (Å²) < 4.78 is 13.4. The SMILES string of the molecule is CC1CC(C)C(S(=O)c2cccs2)C(N)C1. The van der Waals surface area contributed by atoms with Crippen molar-refractivity contribution in [2.75, 3.05) is 0 Å². The Morgan fingerprint density at radius 2 is 2.19 bits per heavy atom. The summed E-state index contributed by atoms with van der Waals surface area (Å²) in [4.78, 5) is 0. The molecule has 90 valence electrons. The molecule has 0 amide bonds. The van der Waals surface area contributed by atoms with Crippen LogP contribution in [-0.4, -0.2) is 15.5 Å². The summed E-state index contributed by atoms with van der Waals surface area (Å²) in [7, 11) is -0.920. The van der Waals surface area contributed by atoms with Gasteiger partial charge >= 0.3 is 0 Å². The van der Waals surface area contributed by atoms with Crippen LogP contribution < -0.4 is 5.73 Å². The molecule has 5 unspecified atom stereocenters. The topological polar surface area (TPSA) is 43.1 Å². The highest BCUT2D eigenvalue weighted by Crippen LogP contribution is 2.34. The van der Waals surface area contributed by atoms with E-state index in [-0.39, 0.29) is 11.3 Å². The molecule has 5 atom stereocenters. The van der Waals surface area contributed by atoms with E-state index >= 15 is 0 Å². The third-order valence-electron chi connectivity index (χ3n) is 3.37. The zero-order chi connectivity index (χ0) is 11.7. The fourth-order valence-corrected chi connectivity index (χ4v) is 5.54. The Hall–Kier alpha value is -0.190. The molecule has 0 aliphatic heterocycles. The Kier molecular flexibility index (Phi) is 3.82. The van der Waals surface area contributed by atoms with Gasteiger partial charge in [0.05, 0.1) is 20.3 Å². The van der Waals surface area contributed by atoms with Crippen LogP contribution in [0.25, 0.3) is 0 Å². The number of thiophene rings is 1. The van der Waals surface area contributed by atoms with E-state index in [4.69, 9.17) is 5.73 Å². The highest BCUT2D eigenvalue weighted by atomic mass is 32.2. The van der Waals surface area contributed by atoms with E-state index in [1.165, 1.54) is 0 Å². The van der Waals surface area contributed by atoms with Crippen molar-refractivity contribution in [2.45, 2.75) is 42.2 Å². The average Bonchev–Trinajstić information content (AvgIpc) is 2.67. The molecule has 2 N–H and O–H groups in total. The van der Waals surface area contributed by atoms with Crippen LogP contribution in [0.3, 0.4) is 0 Å². The van der Waals surface area contributed by atoms with Gasteiger partial charge in [0.25, 0.3) is 0 Å². The van der Waals surface area contributed by atoms with Crippen molar-refractivity contribution in [3.05, 3.63) is 17.5 Å². The molecule has 4 heteroatoms. The van der Waals surface area contributed by atoms with E-state index in [0.717, 1.165) is 17.1 Å². The van der Waals surface area contributed by atoms with E-state index in [1.54, 1.807) is 11.3 Å². The lowest BCUT2D eigenvalue weighted by Crippen LogP contribution is -2.47. The van der Waals surface area contributed by atoms with Crippen molar-refractivity contribution in [1.29, 1.82) is 0 Å². The number of nitrogens with two attached hydrogens (primary N) is 1. The fourth-order valence-electron chi connectivity index (χ4n) is 2.77. The Balaban J connectivity index is 2.17. The first-order chi connectivity index (χ1) is 7.59. The molecule has 1 aliphatic carbocycles. The lowest BCUT2D eigenvalue weighted by atomic mass is 9.80. The van der Waals surface area contributed by atoms with Gasteiger partial charge in [-0.1, -0.05) is 19.9 Å². The molecule has 2 rings (SSSR count). The van der Waals surface area contributed by atoms with E-state index in [1.807, 2.05) is 17.5 Å². The minimum atomic E-state index is -0.920. The van der Waals surface area contributed by atoms with Gasteiger partial charge < -0.3 is 5.73 Å². The van der Waals surface area contributed by atoms with Crippen molar-refractivity contribution in [3.8, 4) is 0 Å². The van der Waals surface area contributed by atoms with Crippen LogP contribution in [0.1, 0.15) is 26.7 Å². The van der Waals surface area contributed by atoms with Crippen LogP contribution in [0, 0.1) is 11.8 Å². The molecular weight excluding hydrogens is 238 g/mol. The third-order valence-corrected chi connectivity index (χ3v) is 6.66. The van der Waals surface area contributed by atoms with Crippen LogP contribution in [-0.2, 0) is 10.8 Å². The van der Waals surface area contributed by atoms with Gasteiger partial charge in [0.1, 0.15) is 0 Å². The van der Waals surface area contributed by atoms with E-state index in [2.05, 4.69) is 13.8 Å². The zero-order valence-electron chi connectivity index (χ0n) is 9.76. The molecule has 0 radical (unpaired) electrons. The summed E-state index contributed by atoms with van der Waals surface area (Å²) in [6, 6.07) is 4.00. The second-order valence-corrected chi connectivity index (χ2v) is 7.70. The summed E-state index contributed by atoms with van der Waals surface area (Å²) in [5, 5.41) is 2.12. The molecule has 1 aliphatic rings. The van der Waals surface area contributed by atoms with E-state index < -0.39 is 10.8 Å². The standard InChI is InChI=1S/C12H19NOS2/c1-8-6-9(2)12(10(13)7-8)16(14)11-4-3-5-15-11/h3-5,8-10,12H,6-7,13H2,1-2H3. The number of rotatable bonds is 2. The van der Waals surface area contributed by atoms with Crippen LogP contribution in [0.2, 0.25) is 0 Å². The largest absolute Gasteiger partial charge is 0.327 e. The van der Waals surface area contributed by atoms with Crippen LogP contribution in [0.15, 0.2) is 21.7 Å². The minimum absolute atomic E-state index is 0.0849. The highest BCUT2D eigenvalue weighted by molar-refractivity contribution is 7.88. The number of hydrogen-bond acceptors (Lipinski definition) is 3. The Morgan fingerprint density at radius 1 is 1.44 bits per heavy atom. The molecule has 1 saturated carbocycles. The Labute approximate surface area is 104 Å². The maximum absolute atomic E-state index is 12.4. The fraction of sp³-hybridized carbons (Fsp3) is 0.667. The van der Waals surface area contributed by atoms with Gasteiger partial charge in [-0.05, 0) is 36.1 Å². The van der Waals surface area contributed by atoms with Crippen molar-refractivity contribution < 1.29 is 4.21 Å². The lowest BCUT2D eigenvalue weighted by Gasteiger charge is -2.36. The zero-order valence-corrected chi connectivity index (χ0v) is 11.4. The molecule has 2 nitrogen and oxygen atoms in total. The molecule has 0 aromatic carbocycles. The first-order valence-electron chi connectivity index (χ1n) is 5.79. The molecule has 0 spiro atoms. The lowest BCUT2D eigenvalue weighted by molar-refractivity contribution is 0.276. The quantitative estimate of drug-likeness (QED) is 0.885. The van der Waals surface area contributed by atoms with Gasteiger partial charge in [-0.25, -0.2) is 0 Å². The van der Waals surface area contributed by atoms with Crippen molar-refractivity contribution in [3.63, 3.8) is 0 Å². The molecule has 1 fully saturated rings. The van der Waals surface area contributed by atoms with Crippen molar-refractivity contribution in [2.24, 2.45) is 17.6 Å². The van der Waals surface area contributed by atoms with Crippen molar-refractivity contribution in [1.82, 2.24) is 0 Å². The molecule has 1 aromatic heterocycles. The average molecular weight is 257 g/mol. The van der Waals surface area contributed by atoms with Crippen LogP contribution in [0.4, 0.5) is 0 Å². The van der Waals surface area contributed by atoms with Gasteiger partial charge in [-0.15, -0.1) is 11.3 Å². The number of hydrogen-bond donors (Lipinski definition) is 1. The highest BCUT2D eigenvalue weighted by Gasteiger charge is 2.36. The van der Waals surface area contributed by atoms with Gasteiger partial charge in [0, 0.05) is 6.04 Å². The summed E-state index contributed by atoms with van der Waals surface area (Å²) in [5.74, 6) is 1.13. The Morgan fingerprint density at radius 3 is 2.75 bits per heavy atom. The predicted octanol–water partition coefficient (Wildman–Crippen LogP) is 2.62. The van der Waals surface area contributed by atoms with Gasteiger partial charge in [0.2, 0.25) is 0 Å². The summed E-state index contributed by atoms with van der Waals surface area (Å²) in [6.45, 7) is 4.42. The summed E-state index contributed by atoms with van der Waals surface area (Å²) in [5.41, 5.74) is 6.18. The maximum Gasteiger partial charge on any atom is 0.0914 e. The summed E-state index contributed by atoms with van der Waals surface area (Å²) in [6.07, 6.45) is 2.15. The minimum Gasteiger partial charge on any atom is -0.327 e. The molecule has 0 bridgehead atoms. The second kappa shape index (κ2) is 4.98. The summed E-state index contributed by atoms with van der Waals surface area (Å²) >= 11 is 1.57. The first-order valence-corrected chi connectivity index (χ1v) is 7.88. The third kappa shape index (κ3) is 2.39. The van der Waals surface area contributed by atoms with Crippen LogP contribution in [0.5, 0.6) is 0 Å². The normalized spacial score (nSPS) is 37.2. The first kappa shape index (κ1) is 12.3. The monoisotopic (exact) mass is 257 g/mol. The maximum atomic E-state index is 12.4. The molecular formula is C12H19NOS2. The molecule has 0 saturated heterocycles. The van der Waals surface area contributed by atoms with E-state index in [9.17, 15) is 4.21 Å². The van der Waals surface area contributed by atoms with Gasteiger partial charge in [0.15, 0.2) is 0 Å². The molecule has 16 heavy (non-hydrogen) atoms. The molecule has 1 aromatic rings.